The molecule has 0 bridgehead atoms. The maximum absolute atomic E-state index is 2.53. The molecular formula is C54H37BN2. The molecule has 57 heavy (non-hydrogen) atoms. The molecule has 0 aromatic heterocycles. The molecule has 0 amide bonds. The van der Waals surface area contributed by atoms with E-state index in [0.29, 0.717) is 0 Å². The van der Waals surface area contributed by atoms with E-state index in [1.165, 1.54) is 83.6 Å². The molecule has 0 unspecified atom stereocenters. The molecule has 2 nitrogen and oxygen atoms in total. The Bertz CT molecular complexity index is 2890. The summed E-state index contributed by atoms with van der Waals surface area (Å²) >= 11 is 0. The minimum Gasteiger partial charge on any atom is -0.311 e. The van der Waals surface area contributed by atoms with Crippen LogP contribution in [0.3, 0.4) is 0 Å². The summed E-state index contributed by atoms with van der Waals surface area (Å²) in [6.07, 6.45) is 0. The number of rotatable bonds is 6. The average molecular weight is 725 g/mol. The molecule has 0 atom stereocenters. The van der Waals surface area contributed by atoms with E-state index in [2.05, 4.69) is 234 Å². The van der Waals surface area contributed by atoms with E-state index in [1.807, 2.05) is 0 Å². The number of hydrogen-bond acceptors (Lipinski definition) is 2. The minimum atomic E-state index is 0.0167. The Labute approximate surface area is 334 Å². The summed E-state index contributed by atoms with van der Waals surface area (Å²) in [5.41, 5.74) is 20.6. The van der Waals surface area contributed by atoms with Gasteiger partial charge in [0.25, 0.3) is 6.71 Å². The van der Waals surface area contributed by atoms with Gasteiger partial charge in [-0.2, -0.15) is 0 Å². The van der Waals surface area contributed by atoms with Crippen LogP contribution in [0.15, 0.2) is 224 Å². The van der Waals surface area contributed by atoms with Crippen LogP contribution in [-0.4, -0.2) is 6.71 Å². The van der Waals surface area contributed by atoms with Gasteiger partial charge in [0.15, 0.2) is 0 Å². The van der Waals surface area contributed by atoms with E-state index in [9.17, 15) is 0 Å². The molecule has 0 N–H and O–H groups in total. The molecule has 2 heterocycles. The molecule has 0 saturated heterocycles. The molecular weight excluding hydrogens is 687 g/mol. The zero-order chi connectivity index (χ0) is 37.7. The second kappa shape index (κ2) is 13.7. The molecule has 0 radical (unpaired) electrons. The molecule has 0 saturated carbocycles. The van der Waals surface area contributed by atoms with Crippen LogP contribution in [0.5, 0.6) is 0 Å². The van der Waals surface area contributed by atoms with Crippen LogP contribution in [0.25, 0.3) is 44.5 Å². The van der Waals surface area contributed by atoms with Crippen molar-refractivity contribution in [3.8, 4) is 44.5 Å². The standard InChI is InChI=1S/C54H37BN2/c1-5-16-38(17-6-1)41-30-33-45(34-31-41)56-50-28-15-29-51-53(50)55(48-35-32-44(37-52(48)56)40-20-9-3-10-21-40)49-27-14-26-47(42-22-11-4-12-23-42)54(49)57(51)46-25-13-24-43(36-46)39-18-7-2-8-19-39/h1-37H. The minimum absolute atomic E-state index is 0.0167. The lowest BCUT2D eigenvalue weighted by Gasteiger charge is -2.45. The lowest BCUT2D eigenvalue weighted by atomic mass is 9.33. The van der Waals surface area contributed by atoms with Gasteiger partial charge in [-0.3, -0.25) is 0 Å². The van der Waals surface area contributed by atoms with Crippen LogP contribution >= 0.6 is 0 Å². The van der Waals surface area contributed by atoms with Crippen molar-refractivity contribution in [3.63, 3.8) is 0 Å². The summed E-state index contributed by atoms with van der Waals surface area (Å²) in [5, 5.41) is 0. The smallest absolute Gasteiger partial charge is 0.252 e. The van der Waals surface area contributed by atoms with Crippen LogP contribution < -0.4 is 26.2 Å². The number of benzene rings is 9. The molecule has 0 fully saturated rings. The second-order valence-corrected chi connectivity index (χ2v) is 14.9. The fourth-order valence-corrected chi connectivity index (χ4v) is 9.08. The number of fused-ring (bicyclic) bond motifs is 4. The molecule has 0 spiro atoms. The monoisotopic (exact) mass is 724 g/mol. The first-order valence-corrected chi connectivity index (χ1v) is 19.7. The highest BCUT2D eigenvalue weighted by atomic mass is 15.2. The molecule has 266 valence electrons. The van der Waals surface area contributed by atoms with Gasteiger partial charge >= 0.3 is 0 Å². The third-order valence-corrected chi connectivity index (χ3v) is 11.7. The summed E-state index contributed by atoms with van der Waals surface area (Å²) in [7, 11) is 0. The van der Waals surface area contributed by atoms with Crippen molar-refractivity contribution in [2.24, 2.45) is 0 Å². The van der Waals surface area contributed by atoms with Crippen LogP contribution in [0.1, 0.15) is 0 Å². The summed E-state index contributed by atoms with van der Waals surface area (Å²) in [6.45, 7) is 0.0167. The Balaban J connectivity index is 1.18. The highest BCUT2D eigenvalue weighted by Crippen LogP contribution is 2.47. The van der Waals surface area contributed by atoms with Crippen molar-refractivity contribution in [2.75, 3.05) is 9.80 Å². The van der Waals surface area contributed by atoms with Gasteiger partial charge < -0.3 is 9.80 Å². The Morgan fingerprint density at radius 2 is 0.772 bits per heavy atom. The van der Waals surface area contributed by atoms with E-state index in [4.69, 9.17) is 0 Å². The summed E-state index contributed by atoms with van der Waals surface area (Å²) in [4.78, 5) is 5.02. The lowest BCUT2D eigenvalue weighted by Crippen LogP contribution is -2.61. The number of nitrogens with zero attached hydrogens (tertiary/aromatic N) is 2. The van der Waals surface area contributed by atoms with E-state index >= 15 is 0 Å². The van der Waals surface area contributed by atoms with Crippen molar-refractivity contribution in [3.05, 3.63) is 224 Å². The predicted molar refractivity (Wildman–Crippen MR) is 242 cm³/mol. The summed E-state index contributed by atoms with van der Waals surface area (Å²) in [6, 6.07) is 82.0. The molecule has 2 aliphatic rings. The van der Waals surface area contributed by atoms with E-state index < -0.39 is 0 Å². The largest absolute Gasteiger partial charge is 0.311 e. The first-order valence-electron chi connectivity index (χ1n) is 19.7. The Morgan fingerprint density at radius 1 is 0.281 bits per heavy atom. The first kappa shape index (κ1) is 33.0. The molecule has 2 aliphatic heterocycles. The van der Waals surface area contributed by atoms with Gasteiger partial charge in [-0.05, 0) is 97.8 Å². The molecule has 0 aliphatic carbocycles. The molecule has 9 aromatic rings. The molecule has 3 heteroatoms. The number of anilines is 6. The molecule has 11 rings (SSSR count). The SMILES string of the molecule is c1ccc(-c2ccc(N3c4cc(-c5ccccc5)ccc4B4c5cccc(-c6ccccc6)c5N(c5cccc(-c6ccccc6)c5)c5cccc3c54)cc2)cc1. The third kappa shape index (κ3) is 5.59. The van der Waals surface area contributed by atoms with Gasteiger partial charge in [0.2, 0.25) is 0 Å². The van der Waals surface area contributed by atoms with E-state index in [0.717, 1.165) is 11.4 Å². The number of para-hydroxylation sites is 1. The summed E-state index contributed by atoms with van der Waals surface area (Å²) in [5.74, 6) is 0. The van der Waals surface area contributed by atoms with Gasteiger partial charge in [0.05, 0.1) is 0 Å². The second-order valence-electron chi connectivity index (χ2n) is 14.9. The van der Waals surface area contributed by atoms with Crippen LogP contribution in [-0.2, 0) is 0 Å². The fourth-order valence-electron chi connectivity index (χ4n) is 9.08. The first-order chi connectivity index (χ1) is 28.3. The van der Waals surface area contributed by atoms with Crippen molar-refractivity contribution in [1.29, 1.82) is 0 Å². The molecule has 9 aromatic carbocycles. The number of hydrogen-bond donors (Lipinski definition) is 0. The topological polar surface area (TPSA) is 6.48 Å². The van der Waals surface area contributed by atoms with Gasteiger partial charge in [-0.15, -0.1) is 0 Å². The highest BCUT2D eigenvalue weighted by molar-refractivity contribution is 7.00. The van der Waals surface area contributed by atoms with Crippen LogP contribution in [0.4, 0.5) is 34.1 Å². The van der Waals surface area contributed by atoms with Crippen molar-refractivity contribution >= 4 is 57.2 Å². The maximum Gasteiger partial charge on any atom is 0.252 e. The predicted octanol–water partition coefficient (Wildman–Crippen LogP) is 12.4. The van der Waals surface area contributed by atoms with Crippen molar-refractivity contribution in [1.82, 2.24) is 0 Å². The van der Waals surface area contributed by atoms with Gasteiger partial charge in [0, 0.05) is 39.7 Å². The van der Waals surface area contributed by atoms with Crippen molar-refractivity contribution < 1.29 is 0 Å². The highest BCUT2D eigenvalue weighted by Gasteiger charge is 2.44. The van der Waals surface area contributed by atoms with E-state index in [1.54, 1.807) is 0 Å². The van der Waals surface area contributed by atoms with Gasteiger partial charge in [0.1, 0.15) is 0 Å². The average Bonchev–Trinajstić information content (AvgIpc) is 3.30. The van der Waals surface area contributed by atoms with Gasteiger partial charge in [-0.1, -0.05) is 182 Å². The zero-order valence-corrected chi connectivity index (χ0v) is 31.3. The zero-order valence-electron chi connectivity index (χ0n) is 31.3. The Morgan fingerprint density at radius 3 is 1.42 bits per heavy atom. The third-order valence-electron chi connectivity index (χ3n) is 11.7. The normalized spacial score (nSPS) is 12.5. The van der Waals surface area contributed by atoms with Gasteiger partial charge in [-0.25, -0.2) is 0 Å². The van der Waals surface area contributed by atoms with Crippen molar-refractivity contribution in [2.45, 2.75) is 0 Å². The Kier molecular flexibility index (Phi) is 7.96. The lowest BCUT2D eigenvalue weighted by molar-refractivity contribution is 1.25. The fraction of sp³-hybridized carbons (Fsp3) is 0. The van der Waals surface area contributed by atoms with Crippen LogP contribution in [0.2, 0.25) is 0 Å². The van der Waals surface area contributed by atoms with E-state index in [-0.39, 0.29) is 6.71 Å². The quantitative estimate of drug-likeness (QED) is 0.158. The van der Waals surface area contributed by atoms with Crippen LogP contribution in [0, 0.1) is 0 Å². The Hall–Kier alpha value is -7.36. The summed E-state index contributed by atoms with van der Waals surface area (Å²) < 4.78 is 0. The maximum atomic E-state index is 2.53.